The van der Waals surface area contributed by atoms with Crippen LogP contribution in [0.5, 0.6) is 5.75 Å². The second-order valence-electron chi connectivity index (χ2n) is 3.43. The van der Waals surface area contributed by atoms with Crippen molar-refractivity contribution in [3.8, 4) is 5.75 Å². The maximum Gasteiger partial charge on any atom is 0.150 e. The summed E-state index contributed by atoms with van der Waals surface area (Å²) in [6.07, 6.45) is 0.654. The number of rotatable bonds is 3. The fraction of sp³-hybridized carbons (Fsp3) is 0.167. The summed E-state index contributed by atoms with van der Waals surface area (Å²) in [5.41, 5.74) is 0.655. The summed E-state index contributed by atoms with van der Waals surface area (Å²) in [7, 11) is 1.53. The molecule has 1 N–H and O–H groups in total. The van der Waals surface area contributed by atoms with E-state index in [1.165, 1.54) is 13.4 Å². The molecular formula is C12H10BrClO3. The van der Waals surface area contributed by atoms with Crippen LogP contribution in [0.2, 0.25) is 5.02 Å². The highest BCUT2D eigenvalue weighted by molar-refractivity contribution is 9.10. The molecule has 1 heterocycles. The van der Waals surface area contributed by atoms with Gasteiger partial charge in [-0.05, 0) is 39.7 Å². The first kappa shape index (κ1) is 12.5. The van der Waals surface area contributed by atoms with Crippen molar-refractivity contribution < 1.29 is 14.3 Å². The zero-order valence-electron chi connectivity index (χ0n) is 8.98. The molecule has 1 atom stereocenters. The Morgan fingerprint density at radius 2 is 2.18 bits per heavy atom. The summed E-state index contributed by atoms with van der Waals surface area (Å²) in [6.45, 7) is 0. The Hall–Kier alpha value is -0.970. The Bertz CT molecular complexity index is 524. The number of aliphatic hydroxyl groups is 1. The van der Waals surface area contributed by atoms with E-state index >= 15 is 0 Å². The number of methoxy groups -OCH3 is 1. The van der Waals surface area contributed by atoms with Gasteiger partial charge in [-0.15, -0.1) is 0 Å². The second kappa shape index (κ2) is 5.12. The van der Waals surface area contributed by atoms with Crippen LogP contribution in [-0.4, -0.2) is 12.2 Å². The Labute approximate surface area is 112 Å². The van der Waals surface area contributed by atoms with Crippen molar-refractivity contribution in [2.24, 2.45) is 0 Å². The van der Waals surface area contributed by atoms with Gasteiger partial charge in [-0.1, -0.05) is 17.7 Å². The largest absolute Gasteiger partial charge is 0.495 e. The topological polar surface area (TPSA) is 42.6 Å². The summed E-state index contributed by atoms with van der Waals surface area (Å²) in [5.74, 6) is 0.972. The van der Waals surface area contributed by atoms with Gasteiger partial charge in [-0.3, -0.25) is 0 Å². The van der Waals surface area contributed by atoms with Crippen LogP contribution in [0.1, 0.15) is 17.4 Å². The van der Waals surface area contributed by atoms with Gasteiger partial charge in [0, 0.05) is 0 Å². The minimum Gasteiger partial charge on any atom is -0.495 e. The maximum absolute atomic E-state index is 10.2. The average Bonchev–Trinajstić information content (AvgIpc) is 2.75. The molecule has 0 fully saturated rings. The van der Waals surface area contributed by atoms with E-state index in [1.54, 1.807) is 24.3 Å². The molecule has 2 rings (SSSR count). The van der Waals surface area contributed by atoms with Crippen molar-refractivity contribution in [2.45, 2.75) is 6.10 Å². The third-order valence-corrected chi connectivity index (χ3v) is 3.35. The van der Waals surface area contributed by atoms with Crippen molar-refractivity contribution in [1.82, 2.24) is 0 Å². The normalized spacial score (nSPS) is 12.5. The molecule has 0 bridgehead atoms. The fourth-order valence-electron chi connectivity index (χ4n) is 1.50. The van der Waals surface area contributed by atoms with E-state index in [4.69, 9.17) is 20.8 Å². The maximum atomic E-state index is 10.2. The van der Waals surface area contributed by atoms with E-state index in [0.717, 1.165) is 4.47 Å². The van der Waals surface area contributed by atoms with Gasteiger partial charge >= 0.3 is 0 Å². The number of ether oxygens (including phenoxy) is 1. The molecule has 1 aromatic heterocycles. The predicted octanol–water partition coefficient (Wildman–Crippen LogP) is 3.79. The molecular weight excluding hydrogens is 307 g/mol. The summed E-state index contributed by atoms with van der Waals surface area (Å²) in [4.78, 5) is 0. The molecule has 1 aromatic carbocycles. The number of aliphatic hydroxyl groups excluding tert-OH is 1. The van der Waals surface area contributed by atoms with Gasteiger partial charge in [-0.25, -0.2) is 0 Å². The molecule has 0 radical (unpaired) electrons. The predicted molar refractivity (Wildman–Crippen MR) is 68.5 cm³/mol. The second-order valence-corrected chi connectivity index (χ2v) is 4.69. The lowest BCUT2D eigenvalue weighted by molar-refractivity contribution is 0.188. The lowest BCUT2D eigenvalue weighted by Crippen LogP contribution is -1.99. The van der Waals surface area contributed by atoms with Gasteiger partial charge in [0.05, 0.1) is 22.9 Å². The molecule has 0 aliphatic rings. The quantitative estimate of drug-likeness (QED) is 0.936. The zero-order valence-corrected chi connectivity index (χ0v) is 11.3. The monoisotopic (exact) mass is 316 g/mol. The highest BCUT2D eigenvalue weighted by atomic mass is 79.9. The Balaban J connectivity index is 2.38. The standard InChI is InChI=1S/C12H10BrClO3/c1-16-10-6-7(2-3-9(10)14)11(15)12-8(13)4-5-17-12/h2-6,11,15H,1H3. The molecule has 0 saturated heterocycles. The molecule has 2 aromatic rings. The van der Waals surface area contributed by atoms with Crippen LogP contribution < -0.4 is 4.74 Å². The Morgan fingerprint density at radius 3 is 2.76 bits per heavy atom. The smallest absolute Gasteiger partial charge is 0.150 e. The number of hydrogen-bond donors (Lipinski definition) is 1. The number of halogens is 2. The minimum atomic E-state index is -0.856. The van der Waals surface area contributed by atoms with Crippen LogP contribution in [0.4, 0.5) is 0 Å². The molecule has 1 unspecified atom stereocenters. The summed E-state index contributed by atoms with van der Waals surface area (Å²) >= 11 is 9.22. The van der Waals surface area contributed by atoms with E-state index in [2.05, 4.69) is 15.9 Å². The molecule has 17 heavy (non-hydrogen) atoms. The molecule has 0 spiro atoms. The van der Waals surface area contributed by atoms with E-state index in [0.29, 0.717) is 22.1 Å². The van der Waals surface area contributed by atoms with Crippen LogP contribution in [-0.2, 0) is 0 Å². The molecule has 0 saturated carbocycles. The average molecular weight is 318 g/mol. The van der Waals surface area contributed by atoms with E-state index in [1.807, 2.05) is 0 Å². The third-order valence-electron chi connectivity index (χ3n) is 2.38. The summed E-state index contributed by atoms with van der Waals surface area (Å²) < 4.78 is 11.0. The number of furan rings is 1. The van der Waals surface area contributed by atoms with Gasteiger partial charge in [0.2, 0.25) is 0 Å². The van der Waals surface area contributed by atoms with Crippen molar-refractivity contribution in [2.75, 3.05) is 7.11 Å². The SMILES string of the molecule is COc1cc(C(O)c2occc2Br)ccc1Cl. The fourth-order valence-corrected chi connectivity index (χ4v) is 2.11. The lowest BCUT2D eigenvalue weighted by Gasteiger charge is -2.11. The van der Waals surface area contributed by atoms with Crippen molar-refractivity contribution >= 4 is 27.5 Å². The van der Waals surface area contributed by atoms with E-state index in [-0.39, 0.29) is 0 Å². The van der Waals surface area contributed by atoms with E-state index < -0.39 is 6.10 Å². The summed E-state index contributed by atoms with van der Waals surface area (Å²) in [5, 5.41) is 10.7. The molecule has 5 heteroatoms. The third kappa shape index (κ3) is 2.49. The number of hydrogen-bond acceptors (Lipinski definition) is 3. The van der Waals surface area contributed by atoms with E-state index in [9.17, 15) is 5.11 Å². The van der Waals surface area contributed by atoms with Crippen molar-refractivity contribution in [1.29, 1.82) is 0 Å². The Kier molecular flexibility index (Phi) is 3.76. The minimum absolute atomic E-state index is 0.453. The van der Waals surface area contributed by atoms with Crippen LogP contribution in [0.15, 0.2) is 39.4 Å². The van der Waals surface area contributed by atoms with Gasteiger partial charge in [0.25, 0.3) is 0 Å². The van der Waals surface area contributed by atoms with Crippen LogP contribution in [0.25, 0.3) is 0 Å². The number of benzene rings is 1. The molecule has 0 aliphatic heterocycles. The van der Waals surface area contributed by atoms with Crippen molar-refractivity contribution in [3.63, 3.8) is 0 Å². The summed E-state index contributed by atoms with van der Waals surface area (Å²) in [6, 6.07) is 6.81. The lowest BCUT2D eigenvalue weighted by atomic mass is 10.1. The first-order valence-electron chi connectivity index (χ1n) is 4.88. The van der Waals surface area contributed by atoms with Crippen molar-refractivity contribution in [3.05, 3.63) is 51.3 Å². The first-order valence-corrected chi connectivity index (χ1v) is 6.05. The van der Waals surface area contributed by atoms with Gasteiger partial charge in [0.15, 0.2) is 5.76 Å². The van der Waals surface area contributed by atoms with Gasteiger partial charge in [0.1, 0.15) is 11.9 Å². The van der Waals surface area contributed by atoms with Crippen LogP contribution in [0.3, 0.4) is 0 Å². The highest BCUT2D eigenvalue weighted by Gasteiger charge is 2.18. The molecule has 3 nitrogen and oxygen atoms in total. The molecule has 0 aliphatic carbocycles. The Morgan fingerprint density at radius 1 is 1.41 bits per heavy atom. The molecule has 0 amide bonds. The van der Waals surface area contributed by atoms with Crippen LogP contribution >= 0.6 is 27.5 Å². The van der Waals surface area contributed by atoms with Gasteiger partial charge < -0.3 is 14.3 Å². The molecule has 90 valence electrons. The van der Waals surface area contributed by atoms with Crippen LogP contribution in [0, 0.1) is 0 Å². The first-order chi connectivity index (χ1) is 8.13. The highest BCUT2D eigenvalue weighted by Crippen LogP contribution is 2.33. The zero-order chi connectivity index (χ0) is 12.4. The van der Waals surface area contributed by atoms with Gasteiger partial charge in [-0.2, -0.15) is 0 Å².